The van der Waals surface area contributed by atoms with Gasteiger partial charge < -0.3 is 4.74 Å². The van der Waals surface area contributed by atoms with Crippen molar-refractivity contribution in [2.24, 2.45) is 0 Å². The van der Waals surface area contributed by atoms with E-state index in [-0.39, 0.29) is 0 Å². The molecule has 0 saturated heterocycles. The molecule has 1 aromatic carbocycles. The molecule has 12 heavy (non-hydrogen) atoms. The fraction of sp³-hybridized carbons (Fsp3) is 0.300. The lowest BCUT2D eigenvalue weighted by Crippen LogP contribution is -2.18. The van der Waals surface area contributed by atoms with Gasteiger partial charge in [0.25, 0.3) is 0 Å². The lowest BCUT2D eigenvalue weighted by atomic mass is 10.1. The highest BCUT2D eigenvalue weighted by Crippen LogP contribution is 2.28. The second-order valence-electron chi connectivity index (χ2n) is 2.58. The largest absolute Gasteiger partial charge is 0.361 e. The average molecular weight is 181 g/mol. The van der Waals surface area contributed by atoms with E-state index in [0.29, 0.717) is 6.61 Å². The Morgan fingerprint density at radius 2 is 2.00 bits per heavy atom. The molecule has 2 heteroatoms. The molecule has 1 nitrogen and oxygen atoms in total. The molecule has 0 fully saturated rings. The van der Waals surface area contributed by atoms with Gasteiger partial charge in [0, 0.05) is 6.61 Å². The standard InChI is InChI=1S/C10H13OS/c1-3-11-10(2,12)9-7-5-4-6-8-9/h4-8,12H,2-3H2,1H3. The minimum absolute atomic E-state index is 0.613. The summed E-state index contributed by atoms with van der Waals surface area (Å²) in [5.74, 6) is 0. The van der Waals surface area contributed by atoms with Crippen molar-refractivity contribution >= 4 is 12.6 Å². The molecular weight excluding hydrogens is 168 g/mol. The van der Waals surface area contributed by atoms with Crippen LogP contribution in [0, 0.1) is 6.92 Å². The first-order valence-corrected chi connectivity index (χ1v) is 4.38. The van der Waals surface area contributed by atoms with Gasteiger partial charge in [-0.05, 0) is 19.4 Å². The first-order valence-electron chi connectivity index (χ1n) is 3.94. The zero-order valence-corrected chi connectivity index (χ0v) is 8.05. The summed E-state index contributed by atoms with van der Waals surface area (Å²) in [5.41, 5.74) is 0.982. The maximum Gasteiger partial charge on any atom is 0.136 e. The first kappa shape index (κ1) is 9.62. The fourth-order valence-corrected chi connectivity index (χ4v) is 1.30. The van der Waals surface area contributed by atoms with Crippen molar-refractivity contribution in [3.05, 3.63) is 42.8 Å². The molecule has 0 aliphatic rings. The van der Waals surface area contributed by atoms with Crippen molar-refractivity contribution < 1.29 is 4.74 Å². The SMILES string of the molecule is [CH2]C(S)(OCC)c1ccccc1. The summed E-state index contributed by atoms with van der Waals surface area (Å²) < 4.78 is 5.37. The van der Waals surface area contributed by atoms with Crippen LogP contribution in [0.15, 0.2) is 30.3 Å². The van der Waals surface area contributed by atoms with E-state index in [9.17, 15) is 0 Å². The van der Waals surface area contributed by atoms with Gasteiger partial charge in [-0.1, -0.05) is 30.3 Å². The molecular formula is C10H13OS. The van der Waals surface area contributed by atoms with Crippen LogP contribution in [0.2, 0.25) is 0 Å². The van der Waals surface area contributed by atoms with Crippen molar-refractivity contribution in [1.29, 1.82) is 0 Å². The first-order chi connectivity index (χ1) is 5.67. The third kappa shape index (κ3) is 2.26. The van der Waals surface area contributed by atoms with Gasteiger partial charge in [0.1, 0.15) is 4.93 Å². The van der Waals surface area contributed by atoms with E-state index < -0.39 is 4.93 Å². The van der Waals surface area contributed by atoms with E-state index in [1.807, 2.05) is 37.3 Å². The van der Waals surface area contributed by atoms with Crippen LogP contribution in [0.25, 0.3) is 0 Å². The molecule has 0 N–H and O–H groups in total. The third-order valence-electron chi connectivity index (χ3n) is 1.61. The van der Waals surface area contributed by atoms with Crippen LogP contribution in [0.5, 0.6) is 0 Å². The molecule has 0 aliphatic carbocycles. The monoisotopic (exact) mass is 181 g/mol. The molecule has 1 atom stereocenters. The van der Waals surface area contributed by atoms with Gasteiger partial charge in [-0.2, -0.15) is 0 Å². The Kier molecular flexibility index (Phi) is 3.18. The lowest BCUT2D eigenvalue weighted by molar-refractivity contribution is 0.0678. The Hall–Kier alpha value is -0.470. The summed E-state index contributed by atoms with van der Waals surface area (Å²) in [7, 11) is 0. The Morgan fingerprint density at radius 1 is 1.42 bits per heavy atom. The summed E-state index contributed by atoms with van der Waals surface area (Å²) >= 11 is 4.32. The summed E-state index contributed by atoms with van der Waals surface area (Å²) in [5, 5.41) is 0. The Morgan fingerprint density at radius 3 is 2.50 bits per heavy atom. The molecule has 0 bridgehead atoms. The quantitative estimate of drug-likeness (QED) is 0.557. The third-order valence-corrected chi connectivity index (χ3v) is 2.00. The average Bonchev–Trinajstić information content (AvgIpc) is 2.06. The topological polar surface area (TPSA) is 9.23 Å². The number of thiol groups is 1. The number of rotatable bonds is 3. The highest BCUT2D eigenvalue weighted by Gasteiger charge is 2.20. The Labute approximate surface area is 79.2 Å². The van der Waals surface area contributed by atoms with Crippen molar-refractivity contribution in [1.82, 2.24) is 0 Å². The molecule has 1 aromatic rings. The van der Waals surface area contributed by atoms with Crippen LogP contribution in [-0.4, -0.2) is 6.61 Å². The molecule has 0 amide bonds. The minimum atomic E-state index is -0.712. The van der Waals surface area contributed by atoms with Gasteiger partial charge in [0.15, 0.2) is 0 Å². The predicted octanol–water partition coefficient (Wildman–Crippen LogP) is 2.64. The Bertz CT molecular complexity index is 231. The van der Waals surface area contributed by atoms with Crippen molar-refractivity contribution in [2.45, 2.75) is 11.9 Å². The zero-order chi connectivity index (χ0) is 9.03. The van der Waals surface area contributed by atoms with Gasteiger partial charge in [-0.15, -0.1) is 12.6 Å². The highest BCUT2D eigenvalue weighted by molar-refractivity contribution is 7.81. The highest BCUT2D eigenvalue weighted by atomic mass is 32.1. The minimum Gasteiger partial charge on any atom is -0.361 e. The van der Waals surface area contributed by atoms with Crippen LogP contribution in [0.4, 0.5) is 0 Å². The van der Waals surface area contributed by atoms with Crippen LogP contribution < -0.4 is 0 Å². The molecule has 1 unspecified atom stereocenters. The number of ether oxygens (including phenoxy) is 1. The van der Waals surface area contributed by atoms with Crippen LogP contribution in [0.3, 0.4) is 0 Å². The maximum atomic E-state index is 5.37. The molecule has 65 valence electrons. The molecule has 1 rings (SSSR count). The Balaban J connectivity index is 2.82. The second-order valence-corrected chi connectivity index (χ2v) is 3.31. The maximum absolute atomic E-state index is 5.37. The summed E-state index contributed by atoms with van der Waals surface area (Å²) in [4.78, 5) is -0.712. The summed E-state index contributed by atoms with van der Waals surface area (Å²) in [6, 6.07) is 9.76. The summed E-state index contributed by atoms with van der Waals surface area (Å²) in [6.45, 7) is 6.41. The lowest BCUT2D eigenvalue weighted by Gasteiger charge is -2.23. The van der Waals surface area contributed by atoms with E-state index in [2.05, 4.69) is 19.6 Å². The van der Waals surface area contributed by atoms with Crippen LogP contribution in [0.1, 0.15) is 12.5 Å². The number of hydrogen-bond acceptors (Lipinski definition) is 2. The van der Waals surface area contributed by atoms with Crippen molar-refractivity contribution in [3.8, 4) is 0 Å². The van der Waals surface area contributed by atoms with E-state index in [0.717, 1.165) is 5.56 Å². The second kappa shape index (κ2) is 3.97. The number of benzene rings is 1. The van der Waals surface area contributed by atoms with E-state index >= 15 is 0 Å². The van der Waals surface area contributed by atoms with Gasteiger partial charge in [-0.25, -0.2) is 0 Å². The molecule has 1 radical (unpaired) electrons. The molecule has 0 spiro atoms. The van der Waals surface area contributed by atoms with Gasteiger partial charge in [0.2, 0.25) is 0 Å². The fourth-order valence-electron chi connectivity index (χ4n) is 1.02. The molecule has 0 aromatic heterocycles. The smallest absolute Gasteiger partial charge is 0.136 e. The van der Waals surface area contributed by atoms with Crippen molar-refractivity contribution in [2.75, 3.05) is 6.61 Å². The van der Waals surface area contributed by atoms with Crippen LogP contribution >= 0.6 is 12.6 Å². The number of hydrogen-bond donors (Lipinski definition) is 1. The summed E-state index contributed by atoms with van der Waals surface area (Å²) in [6.07, 6.45) is 0. The van der Waals surface area contributed by atoms with E-state index in [1.165, 1.54) is 0 Å². The predicted molar refractivity (Wildman–Crippen MR) is 54.1 cm³/mol. The molecule has 0 saturated carbocycles. The van der Waals surface area contributed by atoms with Gasteiger partial charge >= 0.3 is 0 Å². The van der Waals surface area contributed by atoms with E-state index in [1.54, 1.807) is 0 Å². The molecule has 0 heterocycles. The normalized spacial score (nSPS) is 15.6. The zero-order valence-electron chi connectivity index (χ0n) is 7.16. The van der Waals surface area contributed by atoms with Gasteiger partial charge in [0.05, 0.1) is 0 Å². The van der Waals surface area contributed by atoms with E-state index in [4.69, 9.17) is 4.74 Å². The van der Waals surface area contributed by atoms with Crippen LogP contribution in [-0.2, 0) is 9.67 Å². The van der Waals surface area contributed by atoms with Gasteiger partial charge in [-0.3, -0.25) is 0 Å². The van der Waals surface area contributed by atoms with Crippen molar-refractivity contribution in [3.63, 3.8) is 0 Å². The molecule has 0 aliphatic heterocycles.